The van der Waals surface area contributed by atoms with E-state index in [2.05, 4.69) is 242 Å². The van der Waals surface area contributed by atoms with Gasteiger partial charge in [-0.05, 0) is 209 Å². The molecule has 0 bridgehead atoms. The molecule has 2 nitrogen and oxygen atoms in total. The van der Waals surface area contributed by atoms with Crippen molar-refractivity contribution < 1.29 is 0 Å². The fraction of sp³-hybridized carbons (Fsp3) is 0.440. The predicted molar refractivity (Wildman–Crippen MR) is 334 cm³/mol. The van der Waals surface area contributed by atoms with Crippen molar-refractivity contribution in [1.29, 1.82) is 0 Å². The van der Waals surface area contributed by atoms with E-state index in [-0.39, 0.29) is 56.0 Å². The summed E-state index contributed by atoms with van der Waals surface area (Å²) in [5.41, 5.74) is 31.6. The number of hydrogen-bond donors (Lipinski definition) is 0. The van der Waals surface area contributed by atoms with Crippen molar-refractivity contribution in [3.8, 4) is 11.1 Å². The highest BCUT2D eigenvalue weighted by molar-refractivity contribution is 7.00. The molecular formula is C75H85BN2. The summed E-state index contributed by atoms with van der Waals surface area (Å²) in [4.78, 5) is 5.53. The van der Waals surface area contributed by atoms with Gasteiger partial charge >= 0.3 is 0 Å². The Morgan fingerprint density at radius 1 is 0.462 bits per heavy atom. The van der Waals surface area contributed by atoms with Crippen LogP contribution in [0.1, 0.15) is 222 Å². The molecule has 3 unspecified atom stereocenters. The molecule has 78 heavy (non-hydrogen) atoms. The molecule has 0 N–H and O–H groups in total. The Morgan fingerprint density at radius 2 is 1.08 bits per heavy atom. The van der Waals surface area contributed by atoms with E-state index in [1.807, 2.05) is 0 Å². The van der Waals surface area contributed by atoms with Crippen LogP contribution in [0.5, 0.6) is 0 Å². The lowest BCUT2D eigenvalue weighted by Crippen LogP contribution is -2.62. The number of benzene rings is 7. The number of anilines is 6. The zero-order chi connectivity index (χ0) is 54.8. The van der Waals surface area contributed by atoms with Gasteiger partial charge in [0, 0.05) is 45.3 Å². The van der Waals surface area contributed by atoms with Gasteiger partial charge in [-0.2, -0.15) is 0 Å². The van der Waals surface area contributed by atoms with Crippen LogP contribution < -0.4 is 26.2 Å². The lowest BCUT2D eigenvalue weighted by Gasteiger charge is -2.50. The fourth-order valence-electron chi connectivity index (χ4n) is 17.6. The highest BCUT2D eigenvalue weighted by Crippen LogP contribution is 2.68. The van der Waals surface area contributed by atoms with Crippen LogP contribution >= 0.6 is 0 Å². The minimum Gasteiger partial charge on any atom is -0.311 e. The second-order valence-corrected chi connectivity index (χ2v) is 30.7. The van der Waals surface area contributed by atoms with E-state index in [0.717, 1.165) is 0 Å². The quantitative estimate of drug-likeness (QED) is 0.163. The van der Waals surface area contributed by atoms with Crippen LogP contribution in [0.4, 0.5) is 34.1 Å². The molecule has 0 aromatic heterocycles. The van der Waals surface area contributed by atoms with E-state index in [1.54, 1.807) is 11.1 Å². The Labute approximate surface area is 469 Å². The van der Waals surface area contributed by atoms with Gasteiger partial charge in [0.2, 0.25) is 0 Å². The number of rotatable bonds is 3. The van der Waals surface area contributed by atoms with Crippen LogP contribution in [0.3, 0.4) is 0 Å². The average Bonchev–Trinajstić information content (AvgIpc) is 3.91. The van der Waals surface area contributed by atoms with Crippen molar-refractivity contribution in [3.63, 3.8) is 0 Å². The molecule has 7 aromatic rings. The first-order valence-corrected chi connectivity index (χ1v) is 30.3. The van der Waals surface area contributed by atoms with Gasteiger partial charge < -0.3 is 9.80 Å². The van der Waals surface area contributed by atoms with E-state index in [9.17, 15) is 0 Å². The predicted octanol–water partition coefficient (Wildman–Crippen LogP) is 18.4. The van der Waals surface area contributed by atoms with Gasteiger partial charge in [0.15, 0.2) is 0 Å². The molecular weight excluding hydrogens is 940 g/mol. The molecule has 0 spiro atoms. The first kappa shape index (κ1) is 50.4. The molecule has 2 aliphatic heterocycles. The van der Waals surface area contributed by atoms with Crippen LogP contribution in [0.2, 0.25) is 0 Å². The Morgan fingerprint density at radius 3 is 1.78 bits per heavy atom. The second-order valence-electron chi connectivity index (χ2n) is 30.7. The Balaban J connectivity index is 1.09. The molecule has 2 heterocycles. The van der Waals surface area contributed by atoms with Crippen LogP contribution in [0, 0.1) is 12.3 Å². The lowest BCUT2D eigenvalue weighted by atomic mass is 9.33. The Bertz CT molecular complexity index is 3740. The summed E-state index contributed by atoms with van der Waals surface area (Å²) in [6.45, 7) is 39.7. The van der Waals surface area contributed by atoms with Crippen LogP contribution in [-0.2, 0) is 37.9 Å². The molecule has 3 heteroatoms. The minimum atomic E-state index is -0.138. The van der Waals surface area contributed by atoms with Crippen LogP contribution in [-0.4, -0.2) is 6.71 Å². The number of nitrogens with zero attached hydrogens (tertiary/aromatic N) is 2. The van der Waals surface area contributed by atoms with Gasteiger partial charge in [-0.1, -0.05) is 196 Å². The summed E-state index contributed by atoms with van der Waals surface area (Å²) >= 11 is 0. The van der Waals surface area contributed by atoms with Crippen molar-refractivity contribution in [2.75, 3.05) is 9.80 Å². The molecule has 3 atom stereocenters. The number of aryl methyl sites for hydroxylation is 1. The largest absolute Gasteiger partial charge is 0.311 e. The molecule has 1 fully saturated rings. The topological polar surface area (TPSA) is 6.48 Å². The standard InChI is InChI=1S/C75H85BN2/c1-45-38-63-67-64(39-45)78(60-25-21-24-53-65(60)49-22-17-18-23-51(49)73(53,13)14)61-40-46(66-50-29-27-47(68(2,3)4)41-54(50)74(15)32-19-20-33-75(66,74)16)26-31-58(61)76(67)59-43-56-57(72(11,12)37-36-71(56,9)10)44-62(59)77(63)48-28-30-52-55(42-48)70(7,8)35-34-69(52,5)6/h17-18,21-31,38-44,66H,19-20,32-37H2,1-16H3. The SMILES string of the molecule is Cc1cc2c3c(c1)N(c1cccc4c1-c1ccccc1C4(C)C)c1cc(C4c5ccc(C(C)(C)C)cc5C5(C)CCCCC45C)ccc1B3c1cc3c(cc1N2c1ccc2c(c1)C(C)(C)CCC2(C)C)C(C)(C)CCC3(C)C. The molecule has 14 rings (SSSR count). The normalized spacial score (nSPS) is 24.7. The van der Waals surface area contributed by atoms with Crippen LogP contribution in [0.15, 0.2) is 121 Å². The van der Waals surface area contributed by atoms with E-state index in [1.165, 1.54) is 163 Å². The van der Waals surface area contributed by atoms with Crippen molar-refractivity contribution in [2.24, 2.45) is 5.41 Å². The van der Waals surface area contributed by atoms with Crippen molar-refractivity contribution in [2.45, 2.75) is 206 Å². The maximum Gasteiger partial charge on any atom is 0.252 e. The van der Waals surface area contributed by atoms with E-state index >= 15 is 0 Å². The average molecular weight is 1030 g/mol. The van der Waals surface area contributed by atoms with Gasteiger partial charge in [-0.25, -0.2) is 0 Å². The zero-order valence-electron chi connectivity index (χ0n) is 50.3. The summed E-state index contributed by atoms with van der Waals surface area (Å²) in [5, 5.41) is 0. The van der Waals surface area contributed by atoms with Gasteiger partial charge in [0.05, 0.1) is 5.69 Å². The third kappa shape index (κ3) is 6.69. The highest BCUT2D eigenvalue weighted by Gasteiger charge is 2.59. The summed E-state index contributed by atoms with van der Waals surface area (Å²) in [6, 6.07) is 50.4. The van der Waals surface area contributed by atoms with E-state index in [4.69, 9.17) is 0 Å². The molecule has 0 radical (unpaired) electrons. The Kier molecular flexibility index (Phi) is 10.3. The third-order valence-electron chi connectivity index (χ3n) is 22.8. The maximum absolute atomic E-state index is 2.78. The van der Waals surface area contributed by atoms with E-state index in [0.29, 0.717) is 0 Å². The zero-order valence-corrected chi connectivity index (χ0v) is 50.3. The minimum absolute atomic E-state index is 0.0301. The summed E-state index contributed by atoms with van der Waals surface area (Å²) in [5.74, 6) is 0.275. The van der Waals surface area contributed by atoms with Gasteiger partial charge in [-0.15, -0.1) is 0 Å². The monoisotopic (exact) mass is 1020 g/mol. The molecule has 0 amide bonds. The molecule has 1 saturated carbocycles. The first-order valence-electron chi connectivity index (χ1n) is 30.3. The molecule has 0 saturated heterocycles. The van der Waals surface area contributed by atoms with Gasteiger partial charge in [-0.3, -0.25) is 0 Å². The second kappa shape index (κ2) is 16.0. The fourth-order valence-corrected chi connectivity index (χ4v) is 17.6. The molecule has 398 valence electrons. The van der Waals surface area contributed by atoms with Crippen LogP contribution in [0.25, 0.3) is 11.1 Å². The number of fused-ring (bicyclic) bond motifs is 12. The summed E-state index contributed by atoms with van der Waals surface area (Å²) in [7, 11) is 0. The van der Waals surface area contributed by atoms with E-state index < -0.39 is 0 Å². The summed E-state index contributed by atoms with van der Waals surface area (Å²) in [6.07, 6.45) is 9.80. The van der Waals surface area contributed by atoms with Crippen molar-refractivity contribution in [1.82, 2.24) is 0 Å². The molecule has 7 aliphatic rings. The first-order chi connectivity index (χ1) is 36.7. The van der Waals surface area contributed by atoms with Crippen molar-refractivity contribution in [3.05, 3.63) is 183 Å². The molecule has 5 aliphatic carbocycles. The molecule has 7 aromatic carbocycles. The third-order valence-corrected chi connectivity index (χ3v) is 22.8. The smallest absolute Gasteiger partial charge is 0.252 e. The van der Waals surface area contributed by atoms with Gasteiger partial charge in [0.25, 0.3) is 6.71 Å². The Hall–Kier alpha value is -5.80. The highest BCUT2D eigenvalue weighted by atomic mass is 15.2. The summed E-state index contributed by atoms with van der Waals surface area (Å²) < 4.78 is 0. The van der Waals surface area contributed by atoms with Crippen molar-refractivity contribution >= 4 is 57.2 Å². The van der Waals surface area contributed by atoms with Gasteiger partial charge in [0.1, 0.15) is 0 Å². The number of hydrogen-bond acceptors (Lipinski definition) is 2. The maximum atomic E-state index is 2.78. The lowest BCUT2D eigenvalue weighted by molar-refractivity contribution is 0.0923.